The molecule has 1 heterocycles. The van der Waals surface area contributed by atoms with Crippen molar-refractivity contribution in [1.29, 1.82) is 0 Å². The van der Waals surface area contributed by atoms with E-state index in [1.165, 1.54) is 77.1 Å². The third kappa shape index (κ3) is 6.45. The fourth-order valence-electron chi connectivity index (χ4n) is 5.69. The summed E-state index contributed by atoms with van der Waals surface area (Å²) >= 11 is 0. The van der Waals surface area contributed by atoms with Crippen molar-refractivity contribution in [1.82, 2.24) is 0 Å². The van der Waals surface area contributed by atoms with E-state index in [2.05, 4.69) is 114 Å². The normalized spacial score (nSPS) is 15.4. The van der Waals surface area contributed by atoms with Crippen LogP contribution >= 0.6 is 0 Å². The molecule has 3 aromatic rings. The summed E-state index contributed by atoms with van der Waals surface area (Å²) in [6.07, 6.45) is 13.6. The number of hydrogen-bond acceptors (Lipinski definition) is 3. The molecule has 1 fully saturated rings. The monoisotopic (exact) mass is 503 g/mol. The van der Waals surface area contributed by atoms with Gasteiger partial charge in [-0.05, 0) is 78.1 Å². The van der Waals surface area contributed by atoms with E-state index in [4.69, 9.17) is 0 Å². The maximum atomic E-state index is 4.67. The van der Waals surface area contributed by atoms with Gasteiger partial charge in [-0.3, -0.25) is 4.99 Å². The van der Waals surface area contributed by atoms with Gasteiger partial charge in [0.1, 0.15) is 0 Å². The first-order valence-corrected chi connectivity index (χ1v) is 14.2. The first-order valence-electron chi connectivity index (χ1n) is 14.2. The van der Waals surface area contributed by atoms with E-state index < -0.39 is 0 Å². The zero-order valence-corrected chi connectivity index (χ0v) is 23.1. The van der Waals surface area contributed by atoms with Gasteiger partial charge < -0.3 is 9.80 Å². The molecular formula is C35H41N3. The van der Waals surface area contributed by atoms with Crippen LogP contribution in [0.4, 0.5) is 11.4 Å². The van der Waals surface area contributed by atoms with E-state index in [0.717, 1.165) is 25.8 Å². The molecule has 0 spiro atoms. The first-order chi connectivity index (χ1) is 18.6. The van der Waals surface area contributed by atoms with Gasteiger partial charge in [-0.25, -0.2) is 0 Å². The van der Waals surface area contributed by atoms with Crippen molar-refractivity contribution < 1.29 is 0 Å². The summed E-state index contributed by atoms with van der Waals surface area (Å²) in [4.78, 5) is 9.12. The van der Waals surface area contributed by atoms with Gasteiger partial charge in [0.05, 0.1) is 0 Å². The number of nitrogens with zero attached hydrogens (tertiary/aromatic N) is 3. The third-order valence-corrected chi connectivity index (χ3v) is 8.08. The maximum absolute atomic E-state index is 4.67. The van der Waals surface area contributed by atoms with Crippen LogP contribution < -0.4 is 9.80 Å². The zero-order valence-electron chi connectivity index (χ0n) is 23.1. The van der Waals surface area contributed by atoms with Gasteiger partial charge in [-0.1, -0.05) is 80.4 Å². The average Bonchev–Trinajstić information content (AvgIpc) is 3.49. The number of anilines is 2. The van der Waals surface area contributed by atoms with E-state index in [-0.39, 0.29) is 0 Å². The quantitative estimate of drug-likeness (QED) is 0.275. The predicted molar refractivity (Wildman–Crippen MR) is 164 cm³/mol. The minimum atomic E-state index is 0.570. The van der Waals surface area contributed by atoms with Crippen molar-refractivity contribution in [2.75, 3.05) is 23.9 Å². The van der Waals surface area contributed by atoms with Gasteiger partial charge in [-0.2, -0.15) is 0 Å². The Morgan fingerprint density at radius 3 is 2.18 bits per heavy atom. The highest BCUT2D eigenvalue weighted by Gasteiger charge is 2.22. The molecule has 2 aliphatic rings. The average molecular weight is 504 g/mol. The molecule has 0 atom stereocenters. The first kappa shape index (κ1) is 26.0. The Morgan fingerprint density at radius 2 is 1.53 bits per heavy atom. The zero-order chi connectivity index (χ0) is 26.3. The molecule has 3 heteroatoms. The minimum Gasteiger partial charge on any atom is -0.378 e. The largest absolute Gasteiger partial charge is 0.378 e. The Labute approximate surface area is 229 Å². The molecule has 38 heavy (non-hydrogen) atoms. The molecule has 1 saturated carbocycles. The molecule has 0 N–H and O–H groups in total. The molecule has 0 aromatic heterocycles. The van der Waals surface area contributed by atoms with Gasteiger partial charge >= 0.3 is 0 Å². The standard InChI is InChI=1S/C35H41N3/c1-27(30-10-5-4-6-11-30)38(35-13-7-9-28(25-35)16-21-33-12-8-24-36-33)26-29-14-17-31(18-15-29)32-19-22-34(23-20-32)37(2)3/h7-9,13-15,17-20,22-25,30H,1,4-6,10-12,16,21,26H2,2-3H3. The van der Waals surface area contributed by atoms with Crippen molar-refractivity contribution >= 4 is 17.1 Å². The van der Waals surface area contributed by atoms with Crippen LogP contribution in [0.15, 0.2) is 102 Å². The molecule has 0 unspecified atom stereocenters. The summed E-state index contributed by atoms with van der Waals surface area (Å²) in [5.41, 5.74) is 10.2. The molecule has 5 rings (SSSR count). The molecule has 0 radical (unpaired) electrons. The highest BCUT2D eigenvalue weighted by atomic mass is 15.1. The fourth-order valence-corrected chi connectivity index (χ4v) is 5.69. The van der Waals surface area contributed by atoms with Crippen molar-refractivity contribution in [3.63, 3.8) is 0 Å². The number of rotatable bonds is 10. The lowest BCUT2D eigenvalue weighted by atomic mass is 9.86. The number of hydrogen-bond donors (Lipinski definition) is 0. The highest BCUT2D eigenvalue weighted by Crippen LogP contribution is 2.35. The molecule has 1 aliphatic carbocycles. The Balaban J connectivity index is 1.35. The summed E-state index contributed by atoms with van der Waals surface area (Å²) in [7, 11) is 4.16. The van der Waals surface area contributed by atoms with Crippen LogP contribution in [0.2, 0.25) is 0 Å². The molecule has 0 bridgehead atoms. The number of benzene rings is 3. The summed E-state index contributed by atoms with van der Waals surface area (Å²) in [6, 6.07) is 27.0. The SMILES string of the molecule is C=C(C1CCCCC1)N(Cc1ccc(-c2ccc(N(C)C)cc2)cc1)c1cccc(CCC2=NC=CC2)c1. The van der Waals surface area contributed by atoms with Crippen molar-refractivity contribution in [2.45, 2.75) is 57.9 Å². The topological polar surface area (TPSA) is 18.8 Å². The lowest BCUT2D eigenvalue weighted by Crippen LogP contribution is -2.27. The number of allylic oxidation sites excluding steroid dienone is 2. The van der Waals surface area contributed by atoms with E-state index in [1.807, 2.05) is 6.20 Å². The summed E-state index contributed by atoms with van der Waals surface area (Å²) in [5.74, 6) is 0.570. The Bertz CT molecular complexity index is 1280. The van der Waals surface area contributed by atoms with E-state index in [0.29, 0.717) is 5.92 Å². The van der Waals surface area contributed by atoms with Crippen LogP contribution in [0.5, 0.6) is 0 Å². The van der Waals surface area contributed by atoms with Crippen LogP contribution in [0.3, 0.4) is 0 Å². The van der Waals surface area contributed by atoms with E-state index in [1.54, 1.807) is 0 Å². The lowest BCUT2D eigenvalue weighted by molar-refractivity contribution is 0.396. The van der Waals surface area contributed by atoms with Crippen molar-refractivity contribution in [3.05, 3.63) is 108 Å². The highest BCUT2D eigenvalue weighted by molar-refractivity contribution is 5.88. The van der Waals surface area contributed by atoms with Crippen LogP contribution in [-0.2, 0) is 13.0 Å². The van der Waals surface area contributed by atoms with Crippen molar-refractivity contribution in [2.24, 2.45) is 10.9 Å². The van der Waals surface area contributed by atoms with Crippen molar-refractivity contribution in [3.8, 4) is 11.1 Å². The van der Waals surface area contributed by atoms with Crippen LogP contribution in [-0.4, -0.2) is 19.8 Å². The third-order valence-electron chi connectivity index (χ3n) is 8.08. The van der Waals surface area contributed by atoms with E-state index >= 15 is 0 Å². The predicted octanol–water partition coefficient (Wildman–Crippen LogP) is 8.81. The maximum Gasteiger partial charge on any atom is 0.0478 e. The second-order valence-electron chi connectivity index (χ2n) is 11.0. The summed E-state index contributed by atoms with van der Waals surface area (Å²) in [5, 5.41) is 0. The Morgan fingerprint density at radius 1 is 0.816 bits per heavy atom. The van der Waals surface area contributed by atoms with Gasteiger partial charge in [0.2, 0.25) is 0 Å². The fraction of sp³-hybridized carbons (Fsp3) is 0.343. The molecule has 1 aliphatic heterocycles. The second kappa shape index (κ2) is 12.3. The summed E-state index contributed by atoms with van der Waals surface area (Å²) in [6.45, 7) is 5.51. The molecule has 3 nitrogen and oxygen atoms in total. The molecular weight excluding hydrogens is 462 g/mol. The number of aryl methyl sites for hydroxylation is 1. The summed E-state index contributed by atoms with van der Waals surface area (Å²) < 4.78 is 0. The van der Waals surface area contributed by atoms with Crippen LogP contribution in [0, 0.1) is 5.92 Å². The molecule has 0 amide bonds. The minimum absolute atomic E-state index is 0.570. The van der Waals surface area contributed by atoms with Crippen LogP contribution in [0.25, 0.3) is 11.1 Å². The number of aliphatic imine (C=N–C) groups is 1. The molecule has 0 saturated heterocycles. The van der Waals surface area contributed by atoms with Gasteiger partial charge in [0.15, 0.2) is 0 Å². The van der Waals surface area contributed by atoms with E-state index in [9.17, 15) is 0 Å². The van der Waals surface area contributed by atoms with Gasteiger partial charge in [0.25, 0.3) is 0 Å². The molecule has 3 aromatic carbocycles. The molecule has 196 valence electrons. The van der Waals surface area contributed by atoms with Crippen LogP contribution in [0.1, 0.15) is 56.1 Å². The Kier molecular flexibility index (Phi) is 8.43. The second-order valence-corrected chi connectivity index (χ2v) is 11.0. The van der Waals surface area contributed by atoms with Gasteiger partial charge in [-0.15, -0.1) is 0 Å². The lowest BCUT2D eigenvalue weighted by Gasteiger charge is -2.34. The smallest absolute Gasteiger partial charge is 0.0478 e. The Hall–Kier alpha value is -3.59. The van der Waals surface area contributed by atoms with Gasteiger partial charge in [0, 0.05) is 56.0 Å².